The fourth-order valence-corrected chi connectivity index (χ4v) is 2.08. The van der Waals surface area contributed by atoms with E-state index in [2.05, 4.69) is 20.9 Å². The standard InChI is InChI=1S/C14H19N3O/c1-10-7-11(5-6-13(10)18-4)14-16-9-12(8-15-2)17(14)3/h5-7,9,15H,8H2,1-4H3. The van der Waals surface area contributed by atoms with E-state index in [-0.39, 0.29) is 0 Å². The number of methoxy groups -OCH3 is 1. The molecule has 1 N–H and O–H groups in total. The summed E-state index contributed by atoms with van der Waals surface area (Å²) in [6, 6.07) is 6.12. The number of hydrogen-bond donors (Lipinski definition) is 1. The quantitative estimate of drug-likeness (QED) is 0.896. The molecule has 0 atom stereocenters. The van der Waals surface area contributed by atoms with Crippen LogP contribution in [0.2, 0.25) is 0 Å². The molecule has 0 saturated carbocycles. The third-order valence-corrected chi connectivity index (χ3v) is 3.10. The Labute approximate surface area is 108 Å². The smallest absolute Gasteiger partial charge is 0.139 e. The van der Waals surface area contributed by atoms with Gasteiger partial charge in [0.2, 0.25) is 0 Å². The highest BCUT2D eigenvalue weighted by Gasteiger charge is 2.09. The predicted octanol–water partition coefficient (Wildman–Crippen LogP) is 2.12. The number of aryl methyl sites for hydroxylation is 1. The summed E-state index contributed by atoms with van der Waals surface area (Å²) in [4.78, 5) is 4.48. The van der Waals surface area contributed by atoms with E-state index in [9.17, 15) is 0 Å². The van der Waals surface area contributed by atoms with E-state index in [1.54, 1.807) is 7.11 Å². The Morgan fingerprint density at radius 1 is 1.39 bits per heavy atom. The molecule has 1 heterocycles. The molecule has 1 aromatic carbocycles. The van der Waals surface area contributed by atoms with Crippen molar-refractivity contribution in [2.75, 3.05) is 14.2 Å². The molecule has 96 valence electrons. The van der Waals surface area contributed by atoms with Crippen molar-refractivity contribution in [3.8, 4) is 17.1 Å². The van der Waals surface area contributed by atoms with E-state index in [1.165, 1.54) is 5.69 Å². The van der Waals surface area contributed by atoms with Crippen molar-refractivity contribution in [3.05, 3.63) is 35.7 Å². The minimum atomic E-state index is 0.818. The number of ether oxygens (including phenoxy) is 1. The average molecular weight is 245 g/mol. The molecule has 0 saturated heterocycles. The number of nitrogens with one attached hydrogen (secondary N) is 1. The predicted molar refractivity (Wildman–Crippen MR) is 72.7 cm³/mol. The maximum absolute atomic E-state index is 5.27. The lowest BCUT2D eigenvalue weighted by atomic mass is 10.1. The second-order valence-electron chi connectivity index (χ2n) is 4.35. The molecular formula is C14H19N3O. The highest BCUT2D eigenvalue weighted by molar-refractivity contribution is 5.59. The van der Waals surface area contributed by atoms with Gasteiger partial charge >= 0.3 is 0 Å². The molecule has 1 aromatic heterocycles. The summed E-state index contributed by atoms with van der Waals surface area (Å²) in [5.41, 5.74) is 3.40. The van der Waals surface area contributed by atoms with E-state index < -0.39 is 0 Å². The normalized spacial score (nSPS) is 10.7. The minimum Gasteiger partial charge on any atom is -0.496 e. The van der Waals surface area contributed by atoms with Gasteiger partial charge in [0.25, 0.3) is 0 Å². The minimum absolute atomic E-state index is 0.818. The van der Waals surface area contributed by atoms with Gasteiger partial charge in [-0.15, -0.1) is 0 Å². The largest absolute Gasteiger partial charge is 0.496 e. The van der Waals surface area contributed by atoms with Gasteiger partial charge in [-0.25, -0.2) is 4.98 Å². The Morgan fingerprint density at radius 3 is 2.78 bits per heavy atom. The van der Waals surface area contributed by atoms with Crippen molar-refractivity contribution in [2.24, 2.45) is 7.05 Å². The van der Waals surface area contributed by atoms with E-state index in [1.807, 2.05) is 39.3 Å². The molecule has 0 bridgehead atoms. The maximum atomic E-state index is 5.27. The van der Waals surface area contributed by atoms with Crippen LogP contribution in [0.15, 0.2) is 24.4 Å². The number of hydrogen-bond acceptors (Lipinski definition) is 3. The zero-order chi connectivity index (χ0) is 13.1. The van der Waals surface area contributed by atoms with Gasteiger partial charge in [0, 0.05) is 19.2 Å². The van der Waals surface area contributed by atoms with Crippen LogP contribution in [0, 0.1) is 6.92 Å². The van der Waals surface area contributed by atoms with Gasteiger partial charge in [-0.05, 0) is 37.7 Å². The van der Waals surface area contributed by atoms with Crippen molar-refractivity contribution < 1.29 is 4.74 Å². The van der Waals surface area contributed by atoms with Gasteiger partial charge < -0.3 is 14.6 Å². The molecule has 2 rings (SSSR count). The first-order valence-electron chi connectivity index (χ1n) is 5.97. The Bertz CT molecular complexity index is 546. The Balaban J connectivity index is 2.39. The van der Waals surface area contributed by atoms with Crippen molar-refractivity contribution >= 4 is 0 Å². The first kappa shape index (κ1) is 12.6. The molecule has 0 amide bonds. The van der Waals surface area contributed by atoms with Crippen LogP contribution in [0.3, 0.4) is 0 Å². The van der Waals surface area contributed by atoms with E-state index in [4.69, 9.17) is 4.74 Å². The van der Waals surface area contributed by atoms with Crippen molar-refractivity contribution in [1.82, 2.24) is 14.9 Å². The van der Waals surface area contributed by atoms with E-state index >= 15 is 0 Å². The van der Waals surface area contributed by atoms with Crippen molar-refractivity contribution in [3.63, 3.8) is 0 Å². The molecule has 0 aliphatic carbocycles. The number of benzene rings is 1. The van der Waals surface area contributed by atoms with E-state index in [0.29, 0.717) is 0 Å². The molecule has 0 radical (unpaired) electrons. The van der Waals surface area contributed by atoms with Crippen LogP contribution in [0.1, 0.15) is 11.3 Å². The first-order valence-corrected chi connectivity index (χ1v) is 5.97. The van der Waals surface area contributed by atoms with Gasteiger partial charge in [0.15, 0.2) is 0 Å². The molecule has 0 aliphatic heterocycles. The van der Waals surface area contributed by atoms with E-state index in [0.717, 1.165) is 29.2 Å². The molecule has 2 aromatic rings. The molecule has 0 spiro atoms. The first-order chi connectivity index (χ1) is 8.67. The van der Waals surface area contributed by atoms with Crippen LogP contribution in [-0.4, -0.2) is 23.7 Å². The zero-order valence-corrected chi connectivity index (χ0v) is 11.3. The summed E-state index contributed by atoms with van der Waals surface area (Å²) >= 11 is 0. The molecule has 0 unspecified atom stereocenters. The Kier molecular flexibility index (Phi) is 3.67. The summed E-state index contributed by atoms with van der Waals surface area (Å²) in [6.45, 7) is 2.86. The van der Waals surface area contributed by atoms with Gasteiger partial charge in [-0.1, -0.05) is 0 Å². The summed E-state index contributed by atoms with van der Waals surface area (Å²) in [7, 11) is 5.66. The van der Waals surface area contributed by atoms with Crippen LogP contribution in [0.25, 0.3) is 11.4 Å². The summed E-state index contributed by atoms with van der Waals surface area (Å²) in [5, 5.41) is 3.14. The summed E-state index contributed by atoms with van der Waals surface area (Å²) in [6.07, 6.45) is 1.91. The molecular weight excluding hydrogens is 226 g/mol. The maximum Gasteiger partial charge on any atom is 0.139 e. The second kappa shape index (κ2) is 5.23. The second-order valence-corrected chi connectivity index (χ2v) is 4.35. The molecule has 4 nitrogen and oxygen atoms in total. The number of rotatable bonds is 4. The fraction of sp³-hybridized carbons (Fsp3) is 0.357. The highest BCUT2D eigenvalue weighted by atomic mass is 16.5. The van der Waals surface area contributed by atoms with Gasteiger partial charge in [-0.2, -0.15) is 0 Å². The monoisotopic (exact) mass is 245 g/mol. The Morgan fingerprint density at radius 2 is 2.17 bits per heavy atom. The van der Waals surface area contributed by atoms with Crippen LogP contribution in [-0.2, 0) is 13.6 Å². The third-order valence-electron chi connectivity index (χ3n) is 3.10. The molecule has 18 heavy (non-hydrogen) atoms. The van der Waals surface area contributed by atoms with Crippen LogP contribution < -0.4 is 10.1 Å². The number of imidazole rings is 1. The molecule has 0 aliphatic rings. The molecule has 0 fully saturated rings. The highest BCUT2D eigenvalue weighted by Crippen LogP contribution is 2.25. The van der Waals surface area contributed by atoms with Crippen molar-refractivity contribution in [1.29, 1.82) is 0 Å². The topological polar surface area (TPSA) is 39.1 Å². The lowest BCUT2D eigenvalue weighted by Crippen LogP contribution is -2.09. The lowest BCUT2D eigenvalue weighted by Gasteiger charge is -2.09. The Hall–Kier alpha value is -1.81. The van der Waals surface area contributed by atoms with Crippen LogP contribution >= 0.6 is 0 Å². The van der Waals surface area contributed by atoms with Crippen LogP contribution in [0.4, 0.5) is 0 Å². The number of aromatic nitrogens is 2. The SMILES string of the molecule is CNCc1cnc(-c2ccc(OC)c(C)c2)n1C. The van der Waals surface area contributed by atoms with Crippen molar-refractivity contribution in [2.45, 2.75) is 13.5 Å². The zero-order valence-electron chi connectivity index (χ0n) is 11.3. The average Bonchev–Trinajstić information content (AvgIpc) is 2.72. The fourth-order valence-electron chi connectivity index (χ4n) is 2.08. The number of nitrogens with zero attached hydrogens (tertiary/aromatic N) is 2. The summed E-state index contributed by atoms with van der Waals surface area (Å²) in [5.74, 6) is 1.88. The van der Waals surface area contributed by atoms with Gasteiger partial charge in [-0.3, -0.25) is 0 Å². The van der Waals surface area contributed by atoms with Gasteiger partial charge in [0.1, 0.15) is 11.6 Å². The third kappa shape index (κ3) is 2.24. The van der Waals surface area contributed by atoms with Gasteiger partial charge in [0.05, 0.1) is 19.0 Å². The summed E-state index contributed by atoms with van der Waals surface area (Å²) < 4.78 is 7.38. The lowest BCUT2D eigenvalue weighted by molar-refractivity contribution is 0.412. The van der Waals surface area contributed by atoms with Crippen LogP contribution in [0.5, 0.6) is 5.75 Å². The molecule has 4 heteroatoms.